The number of H-pyrrole nitrogens is 1. The molecule has 2 N–H and O–H groups in total. The summed E-state index contributed by atoms with van der Waals surface area (Å²) in [5.74, 6) is -0.655. The molecule has 1 aromatic carbocycles. The molecule has 0 aliphatic carbocycles. The van der Waals surface area contributed by atoms with Crippen LogP contribution in [0.2, 0.25) is 0 Å². The maximum atomic E-state index is 12.0. The predicted octanol–water partition coefficient (Wildman–Crippen LogP) is 1.08. The first-order valence-corrected chi connectivity index (χ1v) is 9.61. The smallest absolute Gasteiger partial charge is 0.308 e. The number of aryl methyl sites for hydroxylation is 1. The van der Waals surface area contributed by atoms with E-state index in [9.17, 15) is 18.0 Å². The lowest BCUT2D eigenvalue weighted by Gasteiger charge is -2.18. The number of carboxylic acid groups (broad SMARTS) is 1. The maximum Gasteiger partial charge on any atom is 0.308 e. The van der Waals surface area contributed by atoms with E-state index in [0.717, 1.165) is 5.56 Å². The molecule has 2 rings (SSSR count). The molecule has 9 heteroatoms. The number of benzene rings is 1. The molecule has 2 aromatic rings. The fourth-order valence-corrected chi connectivity index (χ4v) is 3.31. The van der Waals surface area contributed by atoms with Gasteiger partial charge in [-0.3, -0.25) is 13.9 Å². The first-order valence-electron chi connectivity index (χ1n) is 8.00. The Morgan fingerprint density at radius 1 is 1.27 bits per heavy atom. The largest absolute Gasteiger partial charge is 0.481 e. The lowest BCUT2D eigenvalue weighted by Crippen LogP contribution is -2.27. The Kier molecular flexibility index (Phi) is 5.81. The molecule has 1 heterocycles. The molecule has 0 amide bonds. The average molecular weight is 379 g/mol. The van der Waals surface area contributed by atoms with Crippen molar-refractivity contribution in [2.24, 2.45) is 0 Å². The summed E-state index contributed by atoms with van der Waals surface area (Å²) in [6, 6.07) is 6.90. The van der Waals surface area contributed by atoms with E-state index < -0.39 is 21.6 Å². The van der Waals surface area contributed by atoms with Gasteiger partial charge in [0, 0.05) is 24.7 Å². The molecule has 1 aromatic heterocycles. The maximum absolute atomic E-state index is 12.0. The Hall–Kier alpha value is -2.68. The topological polar surface area (TPSA) is 120 Å². The monoisotopic (exact) mass is 379 g/mol. The van der Waals surface area contributed by atoms with Crippen LogP contribution in [0.25, 0.3) is 0 Å². The van der Waals surface area contributed by atoms with Crippen molar-refractivity contribution in [1.29, 1.82) is 0 Å². The zero-order chi connectivity index (χ0) is 19.5. The molecule has 26 heavy (non-hydrogen) atoms. The Labute approximate surface area is 151 Å². The predicted molar refractivity (Wildman–Crippen MR) is 98.0 cm³/mol. The van der Waals surface area contributed by atoms with E-state index in [1.807, 2.05) is 0 Å². The van der Waals surface area contributed by atoms with Gasteiger partial charge in [-0.25, -0.2) is 13.4 Å². The van der Waals surface area contributed by atoms with Crippen LogP contribution in [0.4, 0.5) is 5.69 Å². The van der Waals surface area contributed by atoms with E-state index in [1.54, 1.807) is 38.1 Å². The lowest BCUT2D eigenvalue weighted by molar-refractivity contribution is -0.136. The van der Waals surface area contributed by atoms with Crippen molar-refractivity contribution < 1.29 is 18.3 Å². The van der Waals surface area contributed by atoms with Crippen molar-refractivity contribution in [3.8, 4) is 0 Å². The molecular weight excluding hydrogens is 358 g/mol. The molecule has 0 spiro atoms. The molecule has 0 aliphatic heterocycles. The molecule has 0 fully saturated rings. The summed E-state index contributed by atoms with van der Waals surface area (Å²) < 4.78 is 25.0. The molecular formula is C17H21N3O5S. The summed E-state index contributed by atoms with van der Waals surface area (Å²) in [6.07, 6.45) is -0.0324. The zero-order valence-corrected chi connectivity index (χ0v) is 15.6. The summed E-state index contributed by atoms with van der Waals surface area (Å²) in [5, 5.41) is 8.84. The molecule has 0 saturated heterocycles. The number of sulfonamides is 1. The number of nitrogens with zero attached hydrogens (tertiary/aromatic N) is 2. The number of hydrogen-bond donors (Lipinski definition) is 2. The second kappa shape index (κ2) is 7.69. The van der Waals surface area contributed by atoms with Crippen LogP contribution >= 0.6 is 0 Å². The Balaban J connectivity index is 2.22. The third kappa shape index (κ3) is 4.48. The molecule has 0 aliphatic rings. The second-order valence-corrected chi connectivity index (χ2v) is 8.15. The van der Waals surface area contributed by atoms with Gasteiger partial charge in [-0.2, -0.15) is 0 Å². The van der Waals surface area contributed by atoms with E-state index in [4.69, 9.17) is 5.11 Å². The third-order valence-corrected chi connectivity index (χ3v) is 5.83. The van der Waals surface area contributed by atoms with Crippen LogP contribution in [0.5, 0.6) is 0 Å². The fourth-order valence-electron chi connectivity index (χ4n) is 2.48. The summed E-state index contributed by atoms with van der Waals surface area (Å²) in [6.45, 7) is 3.18. The van der Waals surface area contributed by atoms with Crippen LogP contribution in [0.3, 0.4) is 0 Å². The highest BCUT2D eigenvalue weighted by molar-refractivity contribution is 7.92. The standard InChI is InChI=1S/C17H21N3O5S/c1-4-26(24,25)20(3)13-7-5-12(6-8-13)9-15-18-11(2)14(10-16(21)22)17(23)19-15/h5-8H,4,9-10H2,1-3H3,(H,21,22)(H,18,19,23). The molecule has 0 bridgehead atoms. The van der Waals surface area contributed by atoms with Crippen molar-refractivity contribution in [3.63, 3.8) is 0 Å². The highest BCUT2D eigenvalue weighted by Gasteiger charge is 2.16. The number of carbonyl (C=O) groups is 1. The van der Waals surface area contributed by atoms with Crippen LogP contribution in [0.1, 0.15) is 29.6 Å². The van der Waals surface area contributed by atoms with E-state index in [2.05, 4.69) is 9.97 Å². The quantitative estimate of drug-likeness (QED) is 0.743. The number of nitrogens with one attached hydrogen (secondary N) is 1. The fraction of sp³-hybridized carbons (Fsp3) is 0.353. The minimum absolute atomic E-state index is 0.0123. The Morgan fingerprint density at radius 3 is 2.38 bits per heavy atom. The van der Waals surface area contributed by atoms with Gasteiger partial charge in [0.25, 0.3) is 5.56 Å². The van der Waals surface area contributed by atoms with Crippen LogP contribution in [-0.2, 0) is 27.7 Å². The highest BCUT2D eigenvalue weighted by Crippen LogP contribution is 2.18. The van der Waals surface area contributed by atoms with Gasteiger partial charge >= 0.3 is 5.97 Å². The third-order valence-electron chi connectivity index (χ3n) is 4.05. The van der Waals surface area contributed by atoms with Crippen molar-refractivity contribution in [2.45, 2.75) is 26.7 Å². The van der Waals surface area contributed by atoms with E-state index in [1.165, 1.54) is 11.4 Å². The van der Waals surface area contributed by atoms with Crippen molar-refractivity contribution >= 4 is 21.7 Å². The first kappa shape index (κ1) is 19.6. The van der Waals surface area contributed by atoms with Crippen LogP contribution in [0.15, 0.2) is 29.1 Å². The number of aromatic amines is 1. The summed E-state index contributed by atoms with van der Waals surface area (Å²) in [4.78, 5) is 29.7. The van der Waals surface area contributed by atoms with Crippen LogP contribution in [-0.4, -0.2) is 42.3 Å². The molecule has 8 nitrogen and oxygen atoms in total. The normalized spacial score (nSPS) is 11.3. The molecule has 0 saturated carbocycles. The number of hydrogen-bond acceptors (Lipinski definition) is 5. The van der Waals surface area contributed by atoms with Crippen LogP contribution in [0, 0.1) is 6.92 Å². The second-order valence-electron chi connectivity index (χ2n) is 5.86. The minimum Gasteiger partial charge on any atom is -0.481 e. The lowest BCUT2D eigenvalue weighted by atomic mass is 10.1. The Bertz CT molecular complexity index is 965. The number of anilines is 1. The number of carboxylic acids is 1. The summed E-state index contributed by atoms with van der Waals surface area (Å²) in [7, 11) is -1.83. The molecule has 0 unspecified atom stereocenters. The summed E-state index contributed by atoms with van der Waals surface area (Å²) >= 11 is 0. The number of aromatic nitrogens is 2. The van der Waals surface area contributed by atoms with Gasteiger partial charge in [-0.05, 0) is 31.5 Å². The molecule has 140 valence electrons. The van der Waals surface area contributed by atoms with Gasteiger partial charge in [-0.15, -0.1) is 0 Å². The number of aliphatic carboxylic acids is 1. The summed E-state index contributed by atoms with van der Waals surface area (Å²) in [5.41, 5.74) is 1.45. The highest BCUT2D eigenvalue weighted by atomic mass is 32.2. The van der Waals surface area contributed by atoms with Crippen LogP contribution < -0.4 is 9.86 Å². The SMILES string of the molecule is CCS(=O)(=O)N(C)c1ccc(Cc2nc(C)c(CC(=O)O)c(=O)[nH]2)cc1. The van der Waals surface area contributed by atoms with Gasteiger partial charge in [0.2, 0.25) is 10.0 Å². The number of rotatable bonds is 7. The van der Waals surface area contributed by atoms with Crippen molar-refractivity contribution in [1.82, 2.24) is 9.97 Å². The molecule has 0 radical (unpaired) electrons. The zero-order valence-electron chi connectivity index (χ0n) is 14.8. The van der Waals surface area contributed by atoms with Crippen molar-refractivity contribution in [3.05, 3.63) is 57.3 Å². The van der Waals surface area contributed by atoms with Gasteiger partial charge in [0.15, 0.2) is 0 Å². The van der Waals surface area contributed by atoms with Gasteiger partial charge in [-0.1, -0.05) is 12.1 Å². The minimum atomic E-state index is -3.32. The van der Waals surface area contributed by atoms with E-state index in [0.29, 0.717) is 23.6 Å². The van der Waals surface area contributed by atoms with Gasteiger partial charge < -0.3 is 10.1 Å². The van der Waals surface area contributed by atoms with Gasteiger partial charge in [0.1, 0.15) is 5.82 Å². The van der Waals surface area contributed by atoms with E-state index in [-0.39, 0.29) is 17.7 Å². The van der Waals surface area contributed by atoms with Crippen molar-refractivity contribution in [2.75, 3.05) is 17.1 Å². The van der Waals surface area contributed by atoms with Gasteiger partial charge in [0.05, 0.1) is 17.9 Å². The molecule has 0 atom stereocenters. The first-order chi connectivity index (χ1) is 12.1. The Morgan fingerprint density at radius 2 is 1.88 bits per heavy atom. The van der Waals surface area contributed by atoms with E-state index >= 15 is 0 Å². The average Bonchev–Trinajstić information content (AvgIpc) is 2.58.